The topological polar surface area (TPSA) is 67.2 Å². The van der Waals surface area contributed by atoms with Gasteiger partial charge in [-0.3, -0.25) is 10.1 Å². The average molecular weight is 273 g/mol. The number of aliphatic carboxylic acids is 1. The molecule has 0 spiro atoms. The van der Waals surface area contributed by atoms with Crippen LogP contribution >= 0.6 is 0 Å². The number of benzene rings is 1. The van der Waals surface area contributed by atoms with Gasteiger partial charge in [0.25, 0.3) is 0 Å². The Morgan fingerprint density at radius 2 is 2.15 bits per heavy atom. The predicted molar refractivity (Wildman–Crippen MR) is 76.2 cm³/mol. The molecule has 0 aliphatic carbocycles. The van der Waals surface area contributed by atoms with Crippen molar-refractivity contribution in [1.82, 2.24) is 14.9 Å². The Balaban J connectivity index is 2.11. The summed E-state index contributed by atoms with van der Waals surface area (Å²) >= 11 is 0. The molecule has 0 aliphatic heterocycles. The van der Waals surface area contributed by atoms with Crippen molar-refractivity contribution in [2.24, 2.45) is 0 Å². The van der Waals surface area contributed by atoms with Crippen LogP contribution in [-0.4, -0.2) is 20.6 Å². The number of carbonyl (C=O) groups is 1. The standard InChI is InChI=1S/C15H19N3O2/c1-2-8-18-11-16-10-13(18)14(15(19)20)17-9-12-6-4-3-5-7-12/h3-7,10-11,14,17H,2,8-9H2,1H3,(H,19,20). The molecule has 5 heteroatoms. The highest BCUT2D eigenvalue weighted by molar-refractivity contribution is 5.74. The Bertz CT molecular complexity index is 551. The lowest BCUT2D eigenvalue weighted by molar-refractivity contribution is -0.139. The SMILES string of the molecule is CCCn1cncc1C(NCc1ccccc1)C(=O)O. The van der Waals surface area contributed by atoms with Gasteiger partial charge in [0, 0.05) is 13.1 Å². The molecule has 5 nitrogen and oxygen atoms in total. The van der Waals surface area contributed by atoms with E-state index in [1.54, 1.807) is 12.5 Å². The van der Waals surface area contributed by atoms with Gasteiger partial charge in [-0.1, -0.05) is 37.3 Å². The first-order valence-corrected chi connectivity index (χ1v) is 6.72. The zero-order valence-corrected chi connectivity index (χ0v) is 11.5. The molecular formula is C15H19N3O2. The highest BCUT2D eigenvalue weighted by atomic mass is 16.4. The zero-order chi connectivity index (χ0) is 14.4. The van der Waals surface area contributed by atoms with E-state index in [2.05, 4.69) is 17.2 Å². The molecule has 0 fully saturated rings. The maximum absolute atomic E-state index is 11.5. The van der Waals surface area contributed by atoms with Crippen LogP contribution in [0.3, 0.4) is 0 Å². The summed E-state index contributed by atoms with van der Waals surface area (Å²) < 4.78 is 1.89. The molecule has 0 saturated heterocycles. The van der Waals surface area contributed by atoms with E-state index in [1.807, 2.05) is 34.9 Å². The van der Waals surface area contributed by atoms with Gasteiger partial charge < -0.3 is 9.67 Å². The summed E-state index contributed by atoms with van der Waals surface area (Å²) in [5, 5.41) is 12.5. The third-order valence-electron chi connectivity index (χ3n) is 3.10. The zero-order valence-electron chi connectivity index (χ0n) is 11.5. The van der Waals surface area contributed by atoms with Crippen molar-refractivity contribution in [3.8, 4) is 0 Å². The third kappa shape index (κ3) is 3.45. The Kier molecular flexibility index (Phi) is 4.90. The number of nitrogens with zero attached hydrogens (tertiary/aromatic N) is 2. The van der Waals surface area contributed by atoms with Gasteiger partial charge >= 0.3 is 5.97 Å². The van der Waals surface area contributed by atoms with Crippen LogP contribution in [0.15, 0.2) is 42.9 Å². The average Bonchev–Trinajstić information content (AvgIpc) is 2.89. The van der Waals surface area contributed by atoms with Gasteiger partial charge in [0.1, 0.15) is 6.04 Å². The minimum Gasteiger partial charge on any atom is -0.480 e. The van der Waals surface area contributed by atoms with Gasteiger partial charge in [0.05, 0.1) is 18.2 Å². The lowest BCUT2D eigenvalue weighted by Crippen LogP contribution is -2.30. The molecule has 20 heavy (non-hydrogen) atoms. The molecule has 0 aliphatic rings. The van der Waals surface area contributed by atoms with Crippen LogP contribution < -0.4 is 5.32 Å². The minimum absolute atomic E-state index is 0.509. The summed E-state index contributed by atoms with van der Waals surface area (Å²) in [6.45, 7) is 3.33. The van der Waals surface area contributed by atoms with E-state index in [4.69, 9.17) is 0 Å². The van der Waals surface area contributed by atoms with Gasteiger partial charge in [0.2, 0.25) is 0 Å². The van der Waals surface area contributed by atoms with Crippen molar-refractivity contribution in [3.05, 3.63) is 54.1 Å². The van der Waals surface area contributed by atoms with Gasteiger partial charge in [-0.15, -0.1) is 0 Å². The predicted octanol–water partition coefficient (Wildman–Crippen LogP) is 2.21. The highest BCUT2D eigenvalue weighted by Gasteiger charge is 2.22. The van der Waals surface area contributed by atoms with Crippen LogP contribution in [0, 0.1) is 0 Å². The summed E-state index contributed by atoms with van der Waals surface area (Å²) in [5.41, 5.74) is 1.75. The molecule has 0 saturated carbocycles. The number of rotatable bonds is 7. The normalized spacial score (nSPS) is 12.2. The summed E-state index contributed by atoms with van der Waals surface area (Å²) in [6, 6.07) is 9.01. The fourth-order valence-corrected chi connectivity index (χ4v) is 2.13. The Labute approximate surface area is 118 Å². The number of hydrogen-bond donors (Lipinski definition) is 2. The quantitative estimate of drug-likeness (QED) is 0.811. The Morgan fingerprint density at radius 3 is 2.80 bits per heavy atom. The summed E-state index contributed by atoms with van der Waals surface area (Å²) in [6.07, 6.45) is 4.24. The molecule has 1 heterocycles. The van der Waals surface area contributed by atoms with Gasteiger partial charge in [-0.05, 0) is 12.0 Å². The van der Waals surface area contributed by atoms with E-state index in [9.17, 15) is 9.90 Å². The monoisotopic (exact) mass is 273 g/mol. The van der Waals surface area contributed by atoms with Crippen LogP contribution in [0.5, 0.6) is 0 Å². The van der Waals surface area contributed by atoms with Gasteiger partial charge in [0.15, 0.2) is 0 Å². The first-order chi connectivity index (χ1) is 9.72. The number of aromatic nitrogens is 2. The Hall–Kier alpha value is -2.14. The maximum Gasteiger partial charge on any atom is 0.326 e. The fourth-order valence-electron chi connectivity index (χ4n) is 2.13. The molecule has 2 rings (SSSR count). The van der Waals surface area contributed by atoms with Crippen molar-refractivity contribution >= 4 is 5.97 Å². The van der Waals surface area contributed by atoms with Crippen molar-refractivity contribution < 1.29 is 9.90 Å². The van der Waals surface area contributed by atoms with Crippen molar-refractivity contribution in [2.45, 2.75) is 32.5 Å². The van der Waals surface area contributed by atoms with Crippen LogP contribution in [0.1, 0.15) is 30.6 Å². The van der Waals surface area contributed by atoms with E-state index < -0.39 is 12.0 Å². The van der Waals surface area contributed by atoms with Crippen molar-refractivity contribution in [1.29, 1.82) is 0 Å². The number of hydrogen-bond acceptors (Lipinski definition) is 3. The molecule has 106 valence electrons. The van der Waals surface area contributed by atoms with E-state index in [0.717, 1.165) is 18.5 Å². The molecule has 0 amide bonds. The third-order valence-corrected chi connectivity index (χ3v) is 3.10. The molecule has 2 aromatic rings. The lowest BCUT2D eigenvalue weighted by atomic mass is 10.1. The van der Waals surface area contributed by atoms with E-state index in [0.29, 0.717) is 12.2 Å². The summed E-state index contributed by atoms with van der Waals surface area (Å²) in [7, 11) is 0. The van der Waals surface area contributed by atoms with Crippen LogP contribution in [0.4, 0.5) is 0 Å². The second-order valence-electron chi connectivity index (χ2n) is 4.65. The van der Waals surface area contributed by atoms with Crippen LogP contribution in [-0.2, 0) is 17.9 Å². The number of nitrogens with one attached hydrogen (secondary N) is 1. The first-order valence-electron chi connectivity index (χ1n) is 6.72. The van der Waals surface area contributed by atoms with Crippen molar-refractivity contribution in [2.75, 3.05) is 0 Å². The maximum atomic E-state index is 11.5. The number of imidazole rings is 1. The van der Waals surface area contributed by atoms with E-state index >= 15 is 0 Å². The second kappa shape index (κ2) is 6.86. The van der Waals surface area contributed by atoms with E-state index in [-0.39, 0.29) is 0 Å². The summed E-state index contributed by atoms with van der Waals surface area (Å²) in [4.78, 5) is 15.5. The lowest BCUT2D eigenvalue weighted by Gasteiger charge is -2.16. The van der Waals surface area contributed by atoms with Gasteiger partial charge in [-0.25, -0.2) is 4.98 Å². The first kappa shape index (κ1) is 14.3. The Morgan fingerprint density at radius 1 is 1.40 bits per heavy atom. The fraction of sp³-hybridized carbons (Fsp3) is 0.333. The van der Waals surface area contributed by atoms with Gasteiger partial charge in [-0.2, -0.15) is 0 Å². The second-order valence-corrected chi connectivity index (χ2v) is 4.65. The number of carboxylic acids is 1. The molecule has 1 unspecified atom stereocenters. The highest BCUT2D eigenvalue weighted by Crippen LogP contribution is 2.14. The van der Waals surface area contributed by atoms with E-state index in [1.165, 1.54) is 0 Å². The van der Waals surface area contributed by atoms with Crippen molar-refractivity contribution in [3.63, 3.8) is 0 Å². The minimum atomic E-state index is -0.890. The molecule has 0 radical (unpaired) electrons. The molecule has 1 atom stereocenters. The van der Waals surface area contributed by atoms with Crippen LogP contribution in [0.2, 0.25) is 0 Å². The number of aryl methyl sites for hydroxylation is 1. The number of carboxylic acid groups (broad SMARTS) is 1. The summed E-state index contributed by atoms with van der Waals surface area (Å²) in [5.74, 6) is -0.890. The molecule has 0 bridgehead atoms. The molecule has 1 aromatic carbocycles. The largest absolute Gasteiger partial charge is 0.480 e. The molecular weight excluding hydrogens is 254 g/mol. The van der Waals surface area contributed by atoms with Crippen LogP contribution in [0.25, 0.3) is 0 Å². The molecule has 2 N–H and O–H groups in total. The molecule has 1 aromatic heterocycles. The smallest absolute Gasteiger partial charge is 0.326 e.